The molecule has 28 heavy (non-hydrogen) atoms. The van der Waals surface area contributed by atoms with Gasteiger partial charge in [-0.3, -0.25) is 14.5 Å². The van der Waals surface area contributed by atoms with E-state index in [1.165, 1.54) is 48.8 Å². The van der Waals surface area contributed by atoms with Crippen LogP contribution < -0.4 is 10.2 Å². The van der Waals surface area contributed by atoms with Gasteiger partial charge in [0.2, 0.25) is 16.9 Å². The average Bonchev–Trinajstić information content (AvgIpc) is 3.07. The normalized spacial score (nSPS) is 28.2. The van der Waals surface area contributed by atoms with Crippen LogP contribution in [0.15, 0.2) is 4.34 Å². The number of hydrogen-bond donors (Lipinski definition) is 1. The van der Waals surface area contributed by atoms with E-state index in [4.69, 9.17) is 0 Å². The number of nitrogens with one attached hydrogen (secondary N) is 1. The Morgan fingerprint density at radius 1 is 1.21 bits per heavy atom. The zero-order chi connectivity index (χ0) is 19.8. The van der Waals surface area contributed by atoms with Gasteiger partial charge < -0.3 is 5.32 Å². The minimum Gasteiger partial charge on any atom is -0.352 e. The van der Waals surface area contributed by atoms with Crippen molar-refractivity contribution in [1.29, 1.82) is 0 Å². The van der Waals surface area contributed by atoms with E-state index in [1.807, 2.05) is 13.8 Å². The van der Waals surface area contributed by atoms with Gasteiger partial charge in [0.15, 0.2) is 4.34 Å². The molecule has 2 bridgehead atoms. The third-order valence-corrected chi connectivity index (χ3v) is 8.64. The van der Waals surface area contributed by atoms with Crippen LogP contribution in [-0.4, -0.2) is 39.3 Å². The Kier molecular flexibility index (Phi) is 5.97. The highest BCUT2D eigenvalue weighted by Crippen LogP contribution is 2.49. The van der Waals surface area contributed by atoms with E-state index in [2.05, 4.69) is 22.4 Å². The van der Waals surface area contributed by atoms with Gasteiger partial charge in [0.05, 0.1) is 5.25 Å². The Balaban J connectivity index is 1.32. The first-order valence-electron chi connectivity index (χ1n) is 10.6. The number of carbonyl (C=O) groups is 2. The number of rotatable bonds is 8. The largest absolute Gasteiger partial charge is 0.352 e. The Morgan fingerprint density at radius 3 is 2.61 bits per heavy atom. The van der Waals surface area contributed by atoms with E-state index in [0.717, 1.165) is 29.0 Å². The lowest BCUT2D eigenvalue weighted by Gasteiger charge is -2.29. The Morgan fingerprint density at radius 2 is 2.00 bits per heavy atom. The molecule has 1 heterocycles. The maximum absolute atomic E-state index is 12.7. The molecule has 2 amide bonds. The number of amides is 2. The summed E-state index contributed by atoms with van der Waals surface area (Å²) < 4.78 is 0.750. The molecule has 6 nitrogen and oxygen atoms in total. The molecule has 0 spiro atoms. The highest BCUT2D eigenvalue weighted by Gasteiger charge is 2.42. The zero-order valence-corrected chi connectivity index (χ0v) is 18.5. The molecular weight excluding hydrogens is 392 g/mol. The topological polar surface area (TPSA) is 75.2 Å². The van der Waals surface area contributed by atoms with Crippen molar-refractivity contribution in [3.63, 3.8) is 0 Å². The number of nitrogens with zero attached hydrogens (tertiary/aromatic N) is 3. The van der Waals surface area contributed by atoms with Crippen LogP contribution in [0, 0.1) is 17.8 Å². The number of hydrogen-bond acceptors (Lipinski definition) is 6. The maximum atomic E-state index is 12.7. The molecule has 5 atom stereocenters. The van der Waals surface area contributed by atoms with Gasteiger partial charge in [0.1, 0.15) is 0 Å². The van der Waals surface area contributed by atoms with Gasteiger partial charge in [-0.2, -0.15) is 0 Å². The maximum Gasteiger partial charge on any atom is 0.233 e. The minimum absolute atomic E-state index is 0.0701. The number of anilines is 1. The first kappa shape index (κ1) is 20.1. The molecule has 3 saturated carbocycles. The summed E-state index contributed by atoms with van der Waals surface area (Å²) in [6, 6.07) is 0.518. The summed E-state index contributed by atoms with van der Waals surface area (Å²) in [5.74, 6) is 2.50. The fourth-order valence-electron chi connectivity index (χ4n) is 4.88. The molecule has 1 aromatic heterocycles. The van der Waals surface area contributed by atoms with E-state index >= 15 is 0 Å². The van der Waals surface area contributed by atoms with E-state index in [1.54, 1.807) is 4.90 Å². The molecule has 3 aliphatic carbocycles. The van der Waals surface area contributed by atoms with E-state index in [0.29, 0.717) is 17.5 Å². The van der Waals surface area contributed by atoms with Gasteiger partial charge in [-0.1, -0.05) is 36.4 Å². The summed E-state index contributed by atoms with van der Waals surface area (Å²) in [6.45, 7) is 5.95. The molecule has 4 rings (SSSR count). The molecule has 0 radical (unpaired) electrons. The van der Waals surface area contributed by atoms with Gasteiger partial charge in [0.25, 0.3) is 0 Å². The lowest BCUT2D eigenvalue weighted by molar-refractivity contribution is -0.121. The number of aromatic nitrogens is 2. The van der Waals surface area contributed by atoms with E-state index in [-0.39, 0.29) is 29.1 Å². The summed E-state index contributed by atoms with van der Waals surface area (Å²) in [5, 5.41) is 12.1. The fraction of sp³-hybridized carbons (Fsp3) is 0.800. The monoisotopic (exact) mass is 422 g/mol. The van der Waals surface area contributed by atoms with E-state index in [9.17, 15) is 9.59 Å². The van der Waals surface area contributed by atoms with Crippen LogP contribution in [-0.2, 0) is 9.59 Å². The van der Waals surface area contributed by atoms with Gasteiger partial charge in [-0.05, 0) is 63.7 Å². The molecule has 3 fully saturated rings. The highest BCUT2D eigenvalue weighted by molar-refractivity contribution is 8.02. The van der Waals surface area contributed by atoms with Crippen molar-refractivity contribution in [3.05, 3.63) is 0 Å². The van der Waals surface area contributed by atoms with Gasteiger partial charge in [-0.15, -0.1) is 10.2 Å². The Labute approximate surface area is 175 Å². The van der Waals surface area contributed by atoms with Crippen molar-refractivity contribution in [2.45, 2.75) is 87.4 Å². The van der Waals surface area contributed by atoms with Crippen molar-refractivity contribution in [2.75, 3.05) is 4.90 Å². The van der Waals surface area contributed by atoms with Crippen LogP contribution in [0.4, 0.5) is 5.13 Å². The summed E-state index contributed by atoms with van der Waals surface area (Å²) in [7, 11) is 0. The van der Waals surface area contributed by atoms with Crippen molar-refractivity contribution in [1.82, 2.24) is 15.5 Å². The molecule has 0 aromatic carbocycles. The molecule has 0 unspecified atom stereocenters. The summed E-state index contributed by atoms with van der Waals surface area (Å²) in [5.41, 5.74) is 0. The highest BCUT2D eigenvalue weighted by atomic mass is 32.2. The summed E-state index contributed by atoms with van der Waals surface area (Å²) in [6.07, 6.45) is 7.89. The number of fused-ring (bicyclic) bond motifs is 2. The van der Waals surface area contributed by atoms with Crippen molar-refractivity contribution < 1.29 is 9.59 Å². The van der Waals surface area contributed by atoms with Gasteiger partial charge in [-0.25, -0.2) is 0 Å². The smallest absolute Gasteiger partial charge is 0.233 e. The lowest BCUT2D eigenvalue weighted by atomic mass is 9.84. The van der Waals surface area contributed by atoms with Crippen molar-refractivity contribution in [2.24, 2.45) is 17.8 Å². The third-order valence-electron chi connectivity index (χ3n) is 6.54. The molecule has 154 valence electrons. The predicted molar refractivity (Wildman–Crippen MR) is 113 cm³/mol. The first-order chi connectivity index (χ1) is 13.5. The number of carbonyl (C=O) groups excluding carboxylic acids is 2. The number of thioether (sulfide) groups is 1. The fourth-order valence-corrected chi connectivity index (χ4v) is 6.96. The second-order valence-electron chi connectivity index (χ2n) is 8.60. The van der Waals surface area contributed by atoms with Crippen LogP contribution in [0.2, 0.25) is 0 Å². The lowest BCUT2D eigenvalue weighted by Crippen LogP contribution is -2.43. The van der Waals surface area contributed by atoms with Crippen LogP contribution in [0.5, 0.6) is 0 Å². The average molecular weight is 423 g/mol. The molecular formula is C20H30N4O2S2. The Bertz CT molecular complexity index is 736. The molecule has 0 aliphatic heterocycles. The first-order valence-corrected chi connectivity index (χ1v) is 12.3. The van der Waals surface area contributed by atoms with E-state index < -0.39 is 0 Å². The second-order valence-corrected chi connectivity index (χ2v) is 11.1. The second kappa shape index (κ2) is 8.30. The van der Waals surface area contributed by atoms with Crippen LogP contribution in [0.3, 0.4) is 0 Å². The molecule has 1 N–H and O–H groups in total. The predicted octanol–water partition coefficient (Wildman–Crippen LogP) is 3.87. The zero-order valence-electron chi connectivity index (χ0n) is 16.9. The SMILES string of the molecule is CCC(=O)N(c1nnc(S[C@H](C)C(=O)N[C@H](C)[C@H]2C[C@H]3CC[C@H]2C3)s1)C1CC1. The molecule has 8 heteroatoms. The van der Waals surface area contributed by atoms with Crippen LogP contribution in [0.1, 0.15) is 65.7 Å². The third kappa shape index (κ3) is 4.22. The molecule has 0 saturated heterocycles. The van der Waals surface area contributed by atoms with Crippen molar-refractivity contribution in [3.8, 4) is 0 Å². The molecule has 3 aliphatic rings. The van der Waals surface area contributed by atoms with Crippen LogP contribution >= 0.6 is 23.1 Å². The quantitative estimate of drug-likeness (QED) is 0.508. The van der Waals surface area contributed by atoms with Gasteiger partial charge >= 0.3 is 0 Å². The summed E-state index contributed by atoms with van der Waals surface area (Å²) in [4.78, 5) is 26.7. The van der Waals surface area contributed by atoms with Crippen molar-refractivity contribution >= 4 is 40.0 Å². The standard InChI is InChI=1S/C20H30N4O2S2/c1-4-17(25)24(15-7-8-15)19-22-23-20(28-19)27-12(3)18(26)21-11(2)16-10-13-5-6-14(16)9-13/h11-16H,4-10H2,1-3H3,(H,21,26)/t11-,12-,13+,14+,16-/m1/s1. The minimum atomic E-state index is -0.224. The Hall–Kier alpha value is -1.15. The summed E-state index contributed by atoms with van der Waals surface area (Å²) >= 11 is 2.85. The molecule has 1 aromatic rings. The van der Waals surface area contributed by atoms with Gasteiger partial charge in [0, 0.05) is 18.5 Å². The van der Waals surface area contributed by atoms with Crippen LogP contribution in [0.25, 0.3) is 0 Å².